The summed E-state index contributed by atoms with van der Waals surface area (Å²) in [5.74, 6) is 1.20. The number of aryl methyl sites for hydroxylation is 1. The Morgan fingerprint density at radius 3 is 2.58 bits per heavy atom. The maximum Gasteiger partial charge on any atom is 0.128 e. The number of methoxy groups -OCH3 is 2. The standard InChI is InChI=1S/C15H25NO3/c1-10(9-18-4)6-13(17)7-14-12(3)15(19-5)11(2)8-16-14/h8,10,13,17H,6-7,9H2,1-5H3. The quantitative estimate of drug-likeness (QED) is 0.823. The monoisotopic (exact) mass is 267 g/mol. The topological polar surface area (TPSA) is 51.6 Å². The third-order valence-electron chi connectivity index (χ3n) is 3.30. The average Bonchev–Trinajstić information content (AvgIpc) is 2.33. The maximum absolute atomic E-state index is 10.1. The second-order valence-corrected chi connectivity index (χ2v) is 5.20. The molecule has 0 saturated heterocycles. The van der Waals surface area contributed by atoms with Gasteiger partial charge in [0.2, 0.25) is 0 Å². The van der Waals surface area contributed by atoms with Gasteiger partial charge in [-0.05, 0) is 26.2 Å². The van der Waals surface area contributed by atoms with Crippen molar-refractivity contribution in [1.29, 1.82) is 0 Å². The molecule has 0 aromatic carbocycles. The fraction of sp³-hybridized carbons (Fsp3) is 0.667. The molecule has 0 saturated carbocycles. The first-order chi connectivity index (χ1) is 8.99. The summed E-state index contributed by atoms with van der Waals surface area (Å²) in [4.78, 5) is 4.41. The van der Waals surface area contributed by atoms with Gasteiger partial charge < -0.3 is 14.6 Å². The number of hydrogen-bond donors (Lipinski definition) is 1. The highest BCUT2D eigenvalue weighted by Gasteiger charge is 2.15. The summed E-state index contributed by atoms with van der Waals surface area (Å²) in [6, 6.07) is 0. The van der Waals surface area contributed by atoms with Gasteiger partial charge in [-0.3, -0.25) is 4.98 Å². The molecular formula is C15H25NO3. The van der Waals surface area contributed by atoms with Gasteiger partial charge in [-0.2, -0.15) is 0 Å². The van der Waals surface area contributed by atoms with Crippen molar-refractivity contribution in [2.24, 2.45) is 5.92 Å². The minimum absolute atomic E-state index is 0.340. The van der Waals surface area contributed by atoms with E-state index in [1.165, 1.54) is 0 Å². The van der Waals surface area contributed by atoms with E-state index < -0.39 is 6.10 Å². The van der Waals surface area contributed by atoms with E-state index in [0.29, 0.717) is 25.4 Å². The Bertz CT molecular complexity index is 407. The highest BCUT2D eigenvalue weighted by molar-refractivity contribution is 5.41. The zero-order chi connectivity index (χ0) is 14.4. The lowest BCUT2D eigenvalue weighted by Gasteiger charge is -2.17. The van der Waals surface area contributed by atoms with Crippen LogP contribution in [0, 0.1) is 19.8 Å². The molecule has 0 aliphatic heterocycles. The highest BCUT2D eigenvalue weighted by atomic mass is 16.5. The summed E-state index contributed by atoms with van der Waals surface area (Å²) in [7, 11) is 3.34. The molecule has 4 heteroatoms. The molecule has 1 heterocycles. The molecular weight excluding hydrogens is 242 g/mol. The number of aliphatic hydroxyl groups excluding tert-OH is 1. The van der Waals surface area contributed by atoms with Crippen molar-refractivity contribution in [2.45, 2.75) is 39.7 Å². The van der Waals surface area contributed by atoms with Crippen LogP contribution < -0.4 is 4.74 Å². The number of ether oxygens (including phenoxy) is 2. The van der Waals surface area contributed by atoms with E-state index in [1.807, 2.05) is 13.8 Å². The van der Waals surface area contributed by atoms with Gasteiger partial charge >= 0.3 is 0 Å². The highest BCUT2D eigenvalue weighted by Crippen LogP contribution is 2.25. The lowest BCUT2D eigenvalue weighted by molar-refractivity contribution is 0.101. The summed E-state index contributed by atoms with van der Waals surface area (Å²) in [5.41, 5.74) is 2.94. The molecule has 19 heavy (non-hydrogen) atoms. The minimum Gasteiger partial charge on any atom is -0.496 e. The van der Waals surface area contributed by atoms with Gasteiger partial charge in [0.25, 0.3) is 0 Å². The third-order valence-corrected chi connectivity index (χ3v) is 3.30. The van der Waals surface area contributed by atoms with E-state index >= 15 is 0 Å². The van der Waals surface area contributed by atoms with Crippen molar-refractivity contribution in [3.63, 3.8) is 0 Å². The number of aromatic nitrogens is 1. The van der Waals surface area contributed by atoms with Gasteiger partial charge in [-0.25, -0.2) is 0 Å². The van der Waals surface area contributed by atoms with E-state index in [9.17, 15) is 5.11 Å². The molecule has 0 aliphatic carbocycles. The average molecular weight is 267 g/mol. The molecule has 0 radical (unpaired) electrons. The van der Waals surface area contributed by atoms with Crippen molar-refractivity contribution >= 4 is 0 Å². The summed E-state index contributed by atoms with van der Waals surface area (Å²) < 4.78 is 10.5. The molecule has 0 bridgehead atoms. The first-order valence-corrected chi connectivity index (χ1v) is 6.65. The molecule has 1 N–H and O–H groups in total. The van der Waals surface area contributed by atoms with Crippen LogP contribution in [0.3, 0.4) is 0 Å². The molecule has 2 atom stereocenters. The summed E-state index contributed by atoms with van der Waals surface area (Å²) in [6.07, 6.45) is 2.66. The first-order valence-electron chi connectivity index (χ1n) is 6.65. The van der Waals surface area contributed by atoms with Crippen LogP contribution in [0.15, 0.2) is 6.20 Å². The van der Waals surface area contributed by atoms with Gasteiger partial charge in [0.15, 0.2) is 0 Å². The summed E-state index contributed by atoms with van der Waals surface area (Å²) in [6.45, 7) is 6.70. The second-order valence-electron chi connectivity index (χ2n) is 5.20. The van der Waals surface area contributed by atoms with Crippen molar-refractivity contribution < 1.29 is 14.6 Å². The van der Waals surface area contributed by atoms with E-state index in [4.69, 9.17) is 9.47 Å². The predicted molar refractivity (Wildman–Crippen MR) is 75.6 cm³/mol. The van der Waals surface area contributed by atoms with Crippen LogP contribution in [-0.2, 0) is 11.2 Å². The number of aliphatic hydroxyl groups is 1. The summed E-state index contributed by atoms with van der Waals surface area (Å²) >= 11 is 0. The van der Waals surface area contributed by atoms with Crippen molar-refractivity contribution in [3.05, 3.63) is 23.0 Å². The molecule has 0 aliphatic rings. The molecule has 0 amide bonds. The Kier molecular flexibility index (Phi) is 6.25. The zero-order valence-electron chi connectivity index (χ0n) is 12.6. The number of hydrogen-bond acceptors (Lipinski definition) is 4. The smallest absolute Gasteiger partial charge is 0.128 e. The summed E-state index contributed by atoms with van der Waals surface area (Å²) in [5, 5.41) is 10.1. The van der Waals surface area contributed by atoms with Gasteiger partial charge in [0.1, 0.15) is 5.75 Å². The van der Waals surface area contributed by atoms with Crippen LogP contribution in [0.25, 0.3) is 0 Å². The Labute approximate surface area is 115 Å². The Morgan fingerprint density at radius 2 is 2.00 bits per heavy atom. The number of pyridine rings is 1. The Hall–Kier alpha value is -1.13. The van der Waals surface area contributed by atoms with Crippen LogP contribution in [-0.4, -0.2) is 37.0 Å². The van der Waals surface area contributed by atoms with Crippen LogP contribution in [0.4, 0.5) is 0 Å². The van der Waals surface area contributed by atoms with Gasteiger partial charge in [-0.15, -0.1) is 0 Å². The van der Waals surface area contributed by atoms with Crippen molar-refractivity contribution in [2.75, 3.05) is 20.8 Å². The molecule has 108 valence electrons. The van der Waals surface area contributed by atoms with Gasteiger partial charge in [-0.1, -0.05) is 6.92 Å². The van der Waals surface area contributed by atoms with Crippen molar-refractivity contribution in [3.8, 4) is 5.75 Å². The van der Waals surface area contributed by atoms with Crippen LogP contribution in [0.1, 0.15) is 30.2 Å². The van der Waals surface area contributed by atoms with E-state index in [1.54, 1.807) is 20.4 Å². The van der Waals surface area contributed by atoms with Crippen LogP contribution >= 0.6 is 0 Å². The predicted octanol–water partition coefficient (Wildman–Crippen LogP) is 2.28. The maximum atomic E-state index is 10.1. The molecule has 4 nitrogen and oxygen atoms in total. The second kappa shape index (κ2) is 7.46. The Balaban J connectivity index is 2.72. The van der Waals surface area contributed by atoms with E-state index in [2.05, 4.69) is 11.9 Å². The van der Waals surface area contributed by atoms with Crippen LogP contribution in [0.2, 0.25) is 0 Å². The van der Waals surface area contributed by atoms with E-state index in [0.717, 1.165) is 22.6 Å². The lowest BCUT2D eigenvalue weighted by Crippen LogP contribution is -2.18. The zero-order valence-corrected chi connectivity index (χ0v) is 12.6. The Morgan fingerprint density at radius 1 is 1.32 bits per heavy atom. The molecule has 2 unspecified atom stereocenters. The van der Waals surface area contributed by atoms with Crippen LogP contribution in [0.5, 0.6) is 5.75 Å². The minimum atomic E-state index is -0.399. The fourth-order valence-electron chi connectivity index (χ4n) is 2.40. The molecule has 1 rings (SSSR count). The fourth-order valence-corrected chi connectivity index (χ4v) is 2.40. The SMILES string of the molecule is COCC(C)CC(O)Cc1ncc(C)c(OC)c1C. The number of nitrogens with zero attached hydrogens (tertiary/aromatic N) is 1. The normalized spacial score (nSPS) is 14.2. The molecule has 0 spiro atoms. The van der Waals surface area contributed by atoms with E-state index in [-0.39, 0.29) is 0 Å². The third kappa shape index (κ3) is 4.48. The largest absolute Gasteiger partial charge is 0.496 e. The number of rotatable bonds is 7. The van der Waals surface area contributed by atoms with Gasteiger partial charge in [0.05, 0.1) is 13.2 Å². The lowest BCUT2D eigenvalue weighted by atomic mass is 9.99. The van der Waals surface area contributed by atoms with Crippen molar-refractivity contribution in [1.82, 2.24) is 4.98 Å². The molecule has 1 aromatic rings. The molecule has 0 fully saturated rings. The molecule has 1 aromatic heterocycles. The van der Waals surface area contributed by atoms with Gasteiger partial charge in [0, 0.05) is 43.2 Å². The first kappa shape index (κ1) is 15.9.